The van der Waals surface area contributed by atoms with Crippen molar-refractivity contribution in [1.29, 1.82) is 0 Å². The molecule has 2 N–H and O–H groups in total. The molecule has 1 amide bonds. The van der Waals surface area contributed by atoms with Crippen LogP contribution in [0.5, 0.6) is 5.75 Å². The van der Waals surface area contributed by atoms with Gasteiger partial charge >= 0.3 is 10.2 Å². The van der Waals surface area contributed by atoms with E-state index in [-0.39, 0.29) is 5.56 Å². The fourth-order valence-corrected chi connectivity index (χ4v) is 4.17. The number of aromatic nitrogens is 2. The van der Waals surface area contributed by atoms with Crippen molar-refractivity contribution in [3.8, 4) is 17.0 Å². The Morgan fingerprint density at radius 2 is 2.08 bits per heavy atom. The summed E-state index contributed by atoms with van der Waals surface area (Å²) in [7, 11) is -2.46. The minimum Gasteiger partial charge on any atom is -0.506 e. The lowest BCUT2D eigenvalue weighted by atomic mass is 10.1. The van der Waals surface area contributed by atoms with Crippen LogP contribution in [0.2, 0.25) is 0 Å². The summed E-state index contributed by atoms with van der Waals surface area (Å²) < 4.78 is 43.0. The molecule has 8 nitrogen and oxygen atoms in total. The Labute approximate surface area is 143 Å². The van der Waals surface area contributed by atoms with Gasteiger partial charge in [-0.15, -0.1) is 0 Å². The number of aryl methyl sites for hydroxylation is 1. The molecule has 1 aromatic heterocycles. The van der Waals surface area contributed by atoms with E-state index < -0.39 is 39.9 Å². The van der Waals surface area contributed by atoms with Gasteiger partial charge in [-0.2, -0.15) is 13.5 Å². The second-order valence-corrected chi connectivity index (χ2v) is 7.78. The van der Waals surface area contributed by atoms with Crippen LogP contribution in [0, 0.1) is 5.82 Å². The molecule has 25 heavy (non-hydrogen) atoms. The number of halogens is 1. The maximum atomic E-state index is 15.0. The topological polar surface area (TPSA) is 105 Å². The smallest absolute Gasteiger partial charge is 0.326 e. The van der Waals surface area contributed by atoms with Crippen LogP contribution < -0.4 is 9.03 Å². The number of benzene rings is 1. The molecule has 0 unspecified atom stereocenters. The van der Waals surface area contributed by atoms with Crippen molar-refractivity contribution < 1.29 is 22.7 Å². The predicted molar refractivity (Wildman–Crippen MR) is 86.7 cm³/mol. The zero-order valence-corrected chi connectivity index (χ0v) is 14.0. The lowest BCUT2D eigenvalue weighted by molar-refractivity contribution is -0.117. The first-order chi connectivity index (χ1) is 11.8. The number of nitrogens with one attached hydrogen (secondary N) is 1. The number of phenols is 1. The third kappa shape index (κ3) is 2.53. The molecular formula is C15H15FN4O4S. The molecule has 1 aliphatic carbocycles. The van der Waals surface area contributed by atoms with Crippen molar-refractivity contribution in [3.63, 3.8) is 0 Å². The number of rotatable bonds is 3. The normalized spacial score (nSPS) is 19.3. The van der Waals surface area contributed by atoms with Gasteiger partial charge in [-0.1, -0.05) is 0 Å². The second kappa shape index (κ2) is 5.19. The molecule has 1 aromatic carbocycles. The molecule has 1 saturated carbocycles. The number of anilines is 1. The Bertz CT molecular complexity index is 997. The molecule has 132 valence electrons. The van der Waals surface area contributed by atoms with Crippen molar-refractivity contribution in [3.05, 3.63) is 29.7 Å². The number of carbonyl (C=O) groups excluding carboxylic acids is 1. The largest absolute Gasteiger partial charge is 0.506 e. The summed E-state index contributed by atoms with van der Waals surface area (Å²) in [5, 5.41) is 14.3. The van der Waals surface area contributed by atoms with E-state index in [9.17, 15) is 18.3 Å². The average Bonchev–Trinajstić information content (AvgIpc) is 3.22. The highest BCUT2D eigenvalue weighted by molar-refractivity contribution is 7.92. The van der Waals surface area contributed by atoms with E-state index in [1.807, 2.05) is 0 Å². The van der Waals surface area contributed by atoms with E-state index in [0.29, 0.717) is 15.9 Å². The zero-order valence-electron chi connectivity index (χ0n) is 13.2. The van der Waals surface area contributed by atoms with Crippen LogP contribution in [0.15, 0.2) is 18.2 Å². The third-order valence-electron chi connectivity index (χ3n) is 4.35. The number of amides is 1. The van der Waals surface area contributed by atoms with Crippen LogP contribution in [0.4, 0.5) is 10.1 Å². The fourth-order valence-electron chi connectivity index (χ4n) is 3.01. The summed E-state index contributed by atoms with van der Waals surface area (Å²) >= 11 is 0. The molecule has 4 rings (SSSR count). The van der Waals surface area contributed by atoms with Crippen molar-refractivity contribution in [2.45, 2.75) is 18.8 Å². The maximum Gasteiger partial charge on any atom is 0.326 e. The van der Waals surface area contributed by atoms with Gasteiger partial charge in [0.15, 0.2) is 5.82 Å². The number of aromatic hydroxyl groups is 1. The van der Waals surface area contributed by atoms with Gasteiger partial charge in [-0.3, -0.25) is 9.48 Å². The summed E-state index contributed by atoms with van der Waals surface area (Å²) in [6.45, 7) is -0.591. The van der Waals surface area contributed by atoms with Gasteiger partial charge in [0, 0.05) is 24.2 Å². The molecule has 0 spiro atoms. The summed E-state index contributed by atoms with van der Waals surface area (Å²) in [5.74, 6) is -1.90. The summed E-state index contributed by atoms with van der Waals surface area (Å²) in [5.41, 5.74) is 0.827. The van der Waals surface area contributed by atoms with E-state index in [0.717, 1.165) is 18.5 Å². The van der Waals surface area contributed by atoms with E-state index in [2.05, 4.69) is 5.10 Å². The Hall–Kier alpha value is -2.62. The van der Waals surface area contributed by atoms with Crippen LogP contribution >= 0.6 is 0 Å². The van der Waals surface area contributed by atoms with Gasteiger partial charge < -0.3 is 5.11 Å². The Kier molecular flexibility index (Phi) is 3.29. The molecule has 0 bridgehead atoms. The Balaban J connectivity index is 1.84. The van der Waals surface area contributed by atoms with Crippen LogP contribution in [-0.4, -0.2) is 35.8 Å². The van der Waals surface area contributed by atoms with E-state index in [1.54, 1.807) is 22.5 Å². The van der Waals surface area contributed by atoms with Gasteiger partial charge in [0.2, 0.25) is 0 Å². The van der Waals surface area contributed by atoms with Gasteiger partial charge in [-0.05, 0) is 31.0 Å². The van der Waals surface area contributed by atoms with Crippen molar-refractivity contribution in [2.24, 2.45) is 7.05 Å². The lowest BCUT2D eigenvalue weighted by Crippen LogP contribution is -2.30. The van der Waals surface area contributed by atoms with Crippen LogP contribution in [0.3, 0.4) is 0 Å². The highest BCUT2D eigenvalue weighted by atomic mass is 32.2. The first-order valence-corrected chi connectivity index (χ1v) is 9.11. The van der Waals surface area contributed by atoms with Crippen molar-refractivity contribution in [1.82, 2.24) is 14.5 Å². The number of hydrogen-bond acceptors (Lipinski definition) is 5. The monoisotopic (exact) mass is 366 g/mol. The molecule has 2 aliphatic rings. The standard InChI is InChI=1S/C15H15FN4O4S/c1-19-11(8-2-3-8)6-10(17-19)9-4-5-12(21)15(14(9)16)20-7-13(22)18-25(20,23)24/h4-6,8,21H,2-3,7H2,1H3,(H,18,22). The molecule has 2 heterocycles. The summed E-state index contributed by atoms with van der Waals surface area (Å²) in [6, 6.07) is 4.29. The van der Waals surface area contributed by atoms with Crippen LogP contribution in [-0.2, 0) is 22.1 Å². The summed E-state index contributed by atoms with van der Waals surface area (Å²) in [4.78, 5) is 11.4. The SMILES string of the molecule is Cn1nc(-c2ccc(O)c(N3CC(=O)NS3(=O)=O)c2F)cc1C1CC1. The quantitative estimate of drug-likeness (QED) is 0.843. The van der Waals surface area contributed by atoms with Gasteiger partial charge in [-0.25, -0.2) is 13.4 Å². The number of hydrogen-bond donors (Lipinski definition) is 2. The van der Waals surface area contributed by atoms with Gasteiger partial charge in [0.25, 0.3) is 5.91 Å². The highest BCUT2D eigenvalue weighted by Crippen LogP contribution is 2.42. The third-order valence-corrected chi connectivity index (χ3v) is 5.73. The van der Waals surface area contributed by atoms with E-state index >= 15 is 4.39 Å². The molecule has 1 saturated heterocycles. The molecule has 2 fully saturated rings. The van der Waals surface area contributed by atoms with Crippen LogP contribution in [0.1, 0.15) is 24.5 Å². The number of carbonyl (C=O) groups is 1. The number of phenolic OH excluding ortho intramolecular Hbond substituents is 1. The highest BCUT2D eigenvalue weighted by Gasteiger charge is 2.38. The predicted octanol–water partition coefficient (Wildman–Crippen LogP) is 0.990. The first kappa shape index (κ1) is 15.9. The minimum absolute atomic E-state index is 0.0600. The molecule has 1 aliphatic heterocycles. The van der Waals surface area contributed by atoms with Gasteiger partial charge in [0.05, 0.1) is 5.69 Å². The number of nitrogens with zero attached hydrogens (tertiary/aromatic N) is 3. The van der Waals surface area contributed by atoms with Crippen LogP contribution in [0.25, 0.3) is 11.3 Å². The average molecular weight is 366 g/mol. The Morgan fingerprint density at radius 3 is 2.68 bits per heavy atom. The summed E-state index contributed by atoms with van der Waals surface area (Å²) in [6.07, 6.45) is 2.12. The lowest BCUT2D eigenvalue weighted by Gasteiger charge is -2.18. The minimum atomic E-state index is -4.23. The van der Waals surface area contributed by atoms with E-state index in [1.165, 1.54) is 12.1 Å². The molecular weight excluding hydrogens is 351 g/mol. The second-order valence-electron chi connectivity index (χ2n) is 6.18. The zero-order chi connectivity index (χ0) is 17.9. The first-order valence-electron chi connectivity index (χ1n) is 7.67. The molecule has 0 atom stereocenters. The molecule has 2 aromatic rings. The Morgan fingerprint density at radius 1 is 1.36 bits per heavy atom. The maximum absolute atomic E-state index is 15.0. The molecule has 10 heteroatoms. The van der Waals surface area contributed by atoms with Gasteiger partial charge in [0.1, 0.15) is 18.0 Å². The molecule has 0 radical (unpaired) electrons. The van der Waals surface area contributed by atoms with Crippen molar-refractivity contribution in [2.75, 3.05) is 10.8 Å². The van der Waals surface area contributed by atoms with E-state index in [4.69, 9.17) is 0 Å². The fraction of sp³-hybridized carbons (Fsp3) is 0.333. The van der Waals surface area contributed by atoms with Crippen molar-refractivity contribution >= 4 is 21.8 Å².